The summed E-state index contributed by atoms with van der Waals surface area (Å²) in [6.45, 7) is 4.12. The second-order valence-corrected chi connectivity index (χ2v) is 6.88. The molecule has 1 N–H and O–H groups in total. The number of aromatic nitrogens is 2. The minimum absolute atomic E-state index is 0.899. The molecular weight excluding hydrogens is 288 g/mol. The molecule has 0 bridgehead atoms. The van der Waals surface area contributed by atoms with Crippen molar-refractivity contribution in [2.24, 2.45) is 0 Å². The molecule has 0 amide bonds. The lowest BCUT2D eigenvalue weighted by Gasteiger charge is -2.08. The number of nitrogens with zero attached hydrogens (tertiary/aromatic N) is 3. The van der Waals surface area contributed by atoms with Gasteiger partial charge in [-0.1, -0.05) is 48.2 Å². The number of anilines is 1. The van der Waals surface area contributed by atoms with Crippen molar-refractivity contribution < 1.29 is 0 Å². The van der Waals surface area contributed by atoms with Gasteiger partial charge < -0.3 is 10.2 Å². The average Bonchev–Trinajstić information content (AvgIpc) is 2.90. The fraction of sp³-hybridized carbons (Fsp3) is 0.429. The monoisotopic (exact) mass is 308 g/mol. The SMILES string of the molecule is CCCNCc1ccccc1Sc1nnc(N(C)C)s1. The van der Waals surface area contributed by atoms with Crippen LogP contribution in [0.3, 0.4) is 0 Å². The van der Waals surface area contributed by atoms with Gasteiger partial charge in [-0.25, -0.2) is 0 Å². The molecule has 6 heteroatoms. The van der Waals surface area contributed by atoms with Crippen LogP contribution < -0.4 is 10.2 Å². The zero-order valence-corrected chi connectivity index (χ0v) is 13.7. The van der Waals surface area contributed by atoms with E-state index >= 15 is 0 Å². The quantitative estimate of drug-likeness (QED) is 0.795. The van der Waals surface area contributed by atoms with Crippen molar-refractivity contribution >= 4 is 28.2 Å². The second-order valence-electron chi connectivity index (χ2n) is 4.63. The Morgan fingerprint density at radius 3 is 2.75 bits per heavy atom. The summed E-state index contributed by atoms with van der Waals surface area (Å²) in [5.74, 6) is 0. The molecule has 0 atom stereocenters. The van der Waals surface area contributed by atoms with E-state index in [0.717, 1.165) is 29.0 Å². The van der Waals surface area contributed by atoms with E-state index in [1.807, 2.05) is 19.0 Å². The van der Waals surface area contributed by atoms with Crippen LogP contribution in [0.25, 0.3) is 0 Å². The number of hydrogen-bond acceptors (Lipinski definition) is 6. The molecule has 20 heavy (non-hydrogen) atoms. The molecule has 0 radical (unpaired) electrons. The van der Waals surface area contributed by atoms with Crippen molar-refractivity contribution in [3.8, 4) is 0 Å². The largest absolute Gasteiger partial charge is 0.353 e. The Morgan fingerprint density at radius 2 is 2.05 bits per heavy atom. The summed E-state index contributed by atoms with van der Waals surface area (Å²) in [4.78, 5) is 3.23. The van der Waals surface area contributed by atoms with Gasteiger partial charge in [-0.2, -0.15) is 0 Å². The van der Waals surface area contributed by atoms with E-state index in [1.54, 1.807) is 23.1 Å². The number of rotatable bonds is 7. The van der Waals surface area contributed by atoms with E-state index in [2.05, 4.69) is 46.7 Å². The Kier molecular flexibility index (Phi) is 5.82. The third-order valence-corrected chi connectivity index (χ3v) is 4.95. The van der Waals surface area contributed by atoms with Crippen LogP contribution in [0, 0.1) is 0 Å². The van der Waals surface area contributed by atoms with Gasteiger partial charge in [0.05, 0.1) is 0 Å². The highest BCUT2D eigenvalue weighted by molar-refractivity contribution is 8.01. The van der Waals surface area contributed by atoms with Crippen molar-refractivity contribution in [2.45, 2.75) is 29.1 Å². The maximum absolute atomic E-state index is 4.24. The molecule has 0 fully saturated rings. The molecule has 1 heterocycles. The lowest BCUT2D eigenvalue weighted by atomic mass is 10.2. The summed E-state index contributed by atoms with van der Waals surface area (Å²) < 4.78 is 0.983. The molecule has 1 aromatic carbocycles. The lowest BCUT2D eigenvalue weighted by Crippen LogP contribution is -2.14. The molecule has 0 aliphatic heterocycles. The van der Waals surface area contributed by atoms with Crippen molar-refractivity contribution in [1.29, 1.82) is 0 Å². The maximum Gasteiger partial charge on any atom is 0.208 e. The lowest BCUT2D eigenvalue weighted by molar-refractivity contribution is 0.669. The van der Waals surface area contributed by atoms with Crippen LogP contribution in [0.2, 0.25) is 0 Å². The van der Waals surface area contributed by atoms with E-state index < -0.39 is 0 Å². The first-order chi connectivity index (χ1) is 9.70. The normalized spacial score (nSPS) is 10.8. The zero-order chi connectivity index (χ0) is 14.4. The summed E-state index contributed by atoms with van der Waals surface area (Å²) in [5.41, 5.74) is 1.31. The molecule has 0 unspecified atom stereocenters. The Hall–Kier alpha value is -1.11. The van der Waals surface area contributed by atoms with E-state index in [-0.39, 0.29) is 0 Å². The van der Waals surface area contributed by atoms with Crippen molar-refractivity contribution in [2.75, 3.05) is 25.5 Å². The highest BCUT2D eigenvalue weighted by Crippen LogP contribution is 2.34. The average molecular weight is 308 g/mol. The van der Waals surface area contributed by atoms with E-state index in [9.17, 15) is 0 Å². The van der Waals surface area contributed by atoms with Gasteiger partial charge in [0, 0.05) is 25.5 Å². The first kappa shape index (κ1) is 15.3. The topological polar surface area (TPSA) is 41.1 Å². The summed E-state index contributed by atoms with van der Waals surface area (Å²) in [7, 11) is 3.97. The summed E-state index contributed by atoms with van der Waals surface area (Å²) in [6.07, 6.45) is 1.15. The molecule has 0 aliphatic rings. The molecule has 1 aromatic heterocycles. The highest BCUT2D eigenvalue weighted by Gasteiger charge is 2.09. The molecule has 108 valence electrons. The summed E-state index contributed by atoms with van der Waals surface area (Å²) in [6, 6.07) is 8.46. The van der Waals surface area contributed by atoms with Gasteiger partial charge >= 0.3 is 0 Å². The number of hydrogen-bond donors (Lipinski definition) is 1. The fourth-order valence-electron chi connectivity index (χ4n) is 1.67. The van der Waals surface area contributed by atoms with Crippen LogP contribution in [0.5, 0.6) is 0 Å². The van der Waals surface area contributed by atoms with Gasteiger partial charge in [0.15, 0.2) is 4.34 Å². The predicted molar refractivity (Wildman–Crippen MR) is 86.8 cm³/mol. The van der Waals surface area contributed by atoms with Gasteiger partial charge in [-0.15, -0.1) is 10.2 Å². The van der Waals surface area contributed by atoms with Crippen LogP contribution in [0.1, 0.15) is 18.9 Å². The van der Waals surface area contributed by atoms with Gasteiger partial charge in [0.1, 0.15) is 0 Å². The van der Waals surface area contributed by atoms with Crippen LogP contribution in [-0.2, 0) is 6.54 Å². The Balaban J connectivity index is 2.07. The van der Waals surface area contributed by atoms with Crippen molar-refractivity contribution in [3.63, 3.8) is 0 Å². The third-order valence-electron chi connectivity index (χ3n) is 2.69. The minimum Gasteiger partial charge on any atom is -0.353 e. The standard InChI is InChI=1S/C14H20N4S2/c1-4-9-15-10-11-7-5-6-8-12(11)19-14-17-16-13(20-14)18(2)3/h5-8,15H,4,9-10H2,1-3H3. The molecule has 0 spiro atoms. The third kappa shape index (κ3) is 4.19. The molecule has 4 nitrogen and oxygen atoms in total. The maximum atomic E-state index is 4.24. The first-order valence-corrected chi connectivity index (χ1v) is 8.31. The fourth-order valence-corrected chi connectivity index (χ4v) is 3.52. The minimum atomic E-state index is 0.899. The van der Waals surface area contributed by atoms with Crippen molar-refractivity contribution in [1.82, 2.24) is 15.5 Å². The van der Waals surface area contributed by atoms with Crippen LogP contribution in [0.4, 0.5) is 5.13 Å². The molecule has 0 saturated heterocycles. The highest BCUT2D eigenvalue weighted by atomic mass is 32.2. The zero-order valence-electron chi connectivity index (χ0n) is 12.1. The Labute approximate surface area is 128 Å². The smallest absolute Gasteiger partial charge is 0.208 e. The van der Waals surface area contributed by atoms with E-state index in [0.29, 0.717) is 0 Å². The van der Waals surface area contributed by atoms with Crippen LogP contribution >= 0.6 is 23.1 Å². The predicted octanol–water partition coefficient (Wildman–Crippen LogP) is 3.25. The molecule has 2 rings (SSSR count). The van der Waals surface area contributed by atoms with E-state index in [4.69, 9.17) is 0 Å². The van der Waals surface area contributed by atoms with Crippen LogP contribution in [0.15, 0.2) is 33.5 Å². The van der Waals surface area contributed by atoms with Gasteiger partial charge in [0.2, 0.25) is 5.13 Å². The first-order valence-electron chi connectivity index (χ1n) is 6.68. The number of benzene rings is 1. The number of nitrogens with one attached hydrogen (secondary N) is 1. The molecule has 0 aliphatic carbocycles. The summed E-state index contributed by atoms with van der Waals surface area (Å²) in [5, 5.41) is 12.8. The van der Waals surface area contributed by atoms with Gasteiger partial charge in [-0.05, 0) is 24.6 Å². The molecule has 0 saturated carbocycles. The van der Waals surface area contributed by atoms with Crippen LogP contribution in [-0.4, -0.2) is 30.8 Å². The molecular formula is C14H20N4S2. The van der Waals surface area contributed by atoms with Gasteiger partial charge in [-0.3, -0.25) is 0 Å². The van der Waals surface area contributed by atoms with E-state index in [1.165, 1.54) is 10.5 Å². The summed E-state index contributed by atoms with van der Waals surface area (Å²) >= 11 is 3.31. The van der Waals surface area contributed by atoms with Gasteiger partial charge in [0.25, 0.3) is 0 Å². The molecule has 2 aromatic rings. The van der Waals surface area contributed by atoms with Crippen molar-refractivity contribution in [3.05, 3.63) is 29.8 Å². The Morgan fingerprint density at radius 1 is 1.25 bits per heavy atom. The Bertz CT molecular complexity index is 539. The second kappa shape index (κ2) is 7.61.